The second-order valence-corrected chi connectivity index (χ2v) is 9.58. The third kappa shape index (κ3) is 3.42. The molecule has 0 radical (unpaired) electrons. The molecule has 0 unspecified atom stereocenters. The van der Waals surface area contributed by atoms with Gasteiger partial charge < -0.3 is 0 Å². The van der Waals surface area contributed by atoms with E-state index < -0.39 is 133 Å². The van der Waals surface area contributed by atoms with Crippen molar-refractivity contribution < 1.29 is 30.2 Å². The van der Waals surface area contributed by atoms with E-state index in [1.54, 1.807) is 0 Å². The minimum Gasteiger partial charge on any atom is -0.0616 e. The highest BCUT2D eigenvalue weighted by atomic mass is 14.2. The van der Waals surface area contributed by atoms with E-state index in [-0.39, 0.29) is 86.9 Å². The first-order valence-electron chi connectivity index (χ1n) is 23.8. The van der Waals surface area contributed by atoms with Gasteiger partial charge in [-0.1, -0.05) is 145 Å². The van der Waals surface area contributed by atoms with Crippen LogP contribution in [0.1, 0.15) is 30.2 Å². The summed E-state index contributed by atoms with van der Waals surface area (Å²) in [4.78, 5) is 0. The fourth-order valence-corrected chi connectivity index (χ4v) is 5.51. The van der Waals surface area contributed by atoms with Crippen LogP contribution in [0, 0.1) is 0 Å². The third-order valence-electron chi connectivity index (χ3n) is 7.34. The van der Waals surface area contributed by atoms with Gasteiger partial charge in [-0.25, -0.2) is 0 Å². The minimum atomic E-state index is -0.709. The fraction of sp³-hybridized carbons (Fsp3) is 0. The van der Waals surface area contributed by atoms with Gasteiger partial charge in [-0.15, -0.1) is 0 Å². The Morgan fingerprint density at radius 1 is 0.286 bits per heavy atom. The van der Waals surface area contributed by atoms with Gasteiger partial charge >= 0.3 is 0 Å². The Balaban J connectivity index is 1.50. The zero-order valence-electron chi connectivity index (χ0n) is 43.3. The third-order valence-corrected chi connectivity index (χ3v) is 7.34. The molecule has 0 heteroatoms. The maximum Gasteiger partial charge on any atom is 0.0636 e. The van der Waals surface area contributed by atoms with Crippen LogP contribution in [0.4, 0.5) is 0 Å². The SMILES string of the molecule is [2H]c1c([2H])c([2H])c2c([2H])c3c(c([2H])c([2H])c4c([2H])c([2H])c([2H])c([2H])c43)c(-c3ccc(-c4c5c([2H])c([2H])c([2H])c([2H])c5c([2H])c5c4c([2H])c([2H])c4c([2H])c([2H])c([2H])c([2H])c45)cc3)c2c1[2H]. The molecule has 9 rings (SSSR count). The van der Waals surface area contributed by atoms with Gasteiger partial charge in [-0.05, 0) is 99.0 Å². The Hall–Kier alpha value is -5.46. The lowest BCUT2D eigenvalue weighted by Crippen LogP contribution is -1.89. The Labute approximate surface area is 275 Å². The lowest BCUT2D eigenvalue weighted by Gasteiger charge is -2.16. The second kappa shape index (κ2) is 9.03. The van der Waals surface area contributed by atoms with Crippen LogP contribution in [0.2, 0.25) is 0 Å². The lowest BCUT2D eigenvalue weighted by molar-refractivity contribution is 1.66. The van der Waals surface area contributed by atoms with Crippen molar-refractivity contribution in [3.63, 3.8) is 0 Å². The van der Waals surface area contributed by atoms with E-state index in [0.717, 1.165) is 0 Å². The van der Waals surface area contributed by atoms with Gasteiger partial charge in [0.05, 0.1) is 30.2 Å². The largest absolute Gasteiger partial charge is 0.0636 e. The molecule has 0 nitrogen and oxygen atoms in total. The molecule has 0 heterocycles. The summed E-state index contributed by atoms with van der Waals surface area (Å²) < 4.78 is 194. The highest BCUT2D eigenvalue weighted by molar-refractivity contribution is 6.21. The van der Waals surface area contributed by atoms with Gasteiger partial charge in [0.15, 0.2) is 0 Å². The highest BCUT2D eigenvalue weighted by Crippen LogP contribution is 2.42. The van der Waals surface area contributed by atoms with Gasteiger partial charge in [0.2, 0.25) is 0 Å². The van der Waals surface area contributed by atoms with Crippen molar-refractivity contribution in [3.05, 3.63) is 157 Å². The topological polar surface area (TPSA) is 0 Å². The summed E-state index contributed by atoms with van der Waals surface area (Å²) in [5.41, 5.74) is -0.0306. The molecule has 0 aliphatic rings. The predicted molar refractivity (Wildman–Crippen MR) is 182 cm³/mol. The van der Waals surface area contributed by atoms with E-state index in [2.05, 4.69) is 0 Å². The molecule has 0 saturated carbocycles. The molecule has 9 aromatic rings. The van der Waals surface area contributed by atoms with E-state index in [1.165, 1.54) is 24.3 Å². The van der Waals surface area contributed by atoms with Crippen molar-refractivity contribution in [3.8, 4) is 22.3 Å². The molecular formula is C42H26. The average molecular weight is 553 g/mol. The molecule has 0 fully saturated rings. The summed E-state index contributed by atoms with van der Waals surface area (Å²) >= 11 is 0. The minimum absolute atomic E-state index is 0.0938. The number of hydrogen-bond acceptors (Lipinski definition) is 0. The Kier molecular flexibility index (Phi) is 2.24. The zero-order chi connectivity index (χ0) is 46.8. The lowest BCUT2D eigenvalue weighted by atomic mass is 9.87. The van der Waals surface area contributed by atoms with Gasteiger partial charge in [0, 0.05) is 0 Å². The molecule has 0 spiro atoms. The normalized spacial score (nSPS) is 19.1. The van der Waals surface area contributed by atoms with E-state index in [9.17, 15) is 5.48 Å². The molecule has 42 heavy (non-hydrogen) atoms. The van der Waals surface area contributed by atoms with Crippen molar-refractivity contribution in [1.82, 2.24) is 0 Å². The first-order valence-corrected chi connectivity index (χ1v) is 12.8. The first kappa shape index (κ1) is 10.4. The van der Waals surface area contributed by atoms with Crippen LogP contribution < -0.4 is 0 Å². The Morgan fingerprint density at radius 2 is 0.643 bits per heavy atom. The van der Waals surface area contributed by atoms with Gasteiger partial charge in [-0.3, -0.25) is 0 Å². The molecular weight excluding hydrogens is 504 g/mol. The molecule has 0 N–H and O–H groups in total. The molecule has 0 atom stereocenters. The Morgan fingerprint density at radius 3 is 1.07 bits per heavy atom. The van der Waals surface area contributed by atoms with Gasteiger partial charge in [0.1, 0.15) is 0 Å². The maximum absolute atomic E-state index is 9.37. The van der Waals surface area contributed by atoms with Crippen LogP contribution in [-0.4, -0.2) is 0 Å². The van der Waals surface area contributed by atoms with Crippen LogP contribution >= 0.6 is 0 Å². The van der Waals surface area contributed by atoms with Crippen LogP contribution in [0.3, 0.4) is 0 Å². The summed E-state index contributed by atoms with van der Waals surface area (Å²) in [6, 6.07) is -8.86. The molecule has 0 amide bonds. The summed E-state index contributed by atoms with van der Waals surface area (Å²) in [6.45, 7) is 0. The number of fused-ring (bicyclic) bond motifs is 8. The highest BCUT2D eigenvalue weighted by Gasteiger charge is 2.15. The van der Waals surface area contributed by atoms with E-state index in [1.807, 2.05) is 0 Å². The summed E-state index contributed by atoms with van der Waals surface area (Å²) in [6.07, 6.45) is 0. The van der Waals surface area contributed by atoms with Crippen LogP contribution in [0.5, 0.6) is 0 Å². The van der Waals surface area contributed by atoms with Crippen LogP contribution in [0.25, 0.3) is 86.9 Å². The maximum atomic E-state index is 9.37. The van der Waals surface area contributed by atoms with E-state index in [4.69, 9.17) is 24.7 Å². The smallest absolute Gasteiger partial charge is 0.0616 e. The first-order chi connectivity index (χ1) is 30.0. The molecule has 9 aromatic carbocycles. The van der Waals surface area contributed by atoms with Crippen molar-refractivity contribution in [2.45, 2.75) is 0 Å². The summed E-state index contributed by atoms with van der Waals surface area (Å²) in [5.74, 6) is 0. The monoisotopic (exact) mass is 552 g/mol. The Bertz CT molecular complexity index is 3480. The molecule has 0 saturated heterocycles. The number of benzene rings is 9. The number of rotatable bonds is 2. The molecule has 0 aliphatic heterocycles. The van der Waals surface area contributed by atoms with Crippen LogP contribution in [-0.2, 0) is 0 Å². The average Bonchev–Trinajstić information content (AvgIpc) is 3.27. The standard InChI is InChI=1S/C42H26/c1-5-13-33-27(9-1)21-23-37-39(33)25-31-11-3-7-15-35(31)41(37)29-17-19-30(20-18-29)42-36-16-8-4-12-32(36)26-40-34-14-6-2-10-28(34)22-24-38(40)42/h1-26H/i1D,2D,3D,4D,5D,6D,7D,8D,9D,10D,11D,12D,13D,14D,15D,16D,21D,22D,23D,24D,25D,26D. The summed E-state index contributed by atoms with van der Waals surface area (Å²) in [5, 5.41) is -3.63. The fourth-order valence-electron chi connectivity index (χ4n) is 5.51. The second-order valence-electron chi connectivity index (χ2n) is 9.58. The molecule has 0 bridgehead atoms. The molecule has 0 aromatic heterocycles. The number of hydrogen-bond donors (Lipinski definition) is 0. The summed E-state index contributed by atoms with van der Waals surface area (Å²) in [7, 11) is 0. The van der Waals surface area contributed by atoms with Crippen molar-refractivity contribution in [1.29, 1.82) is 0 Å². The van der Waals surface area contributed by atoms with E-state index >= 15 is 0 Å². The van der Waals surface area contributed by atoms with E-state index in [0.29, 0.717) is 0 Å². The quantitative estimate of drug-likeness (QED) is 0.148. The van der Waals surface area contributed by atoms with Crippen LogP contribution in [0.15, 0.2) is 157 Å². The van der Waals surface area contributed by atoms with Crippen molar-refractivity contribution in [2.75, 3.05) is 0 Å². The predicted octanol–water partition coefficient (Wildman–Crippen LogP) is 11.9. The van der Waals surface area contributed by atoms with Gasteiger partial charge in [0.25, 0.3) is 0 Å². The van der Waals surface area contributed by atoms with Crippen molar-refractivity contribution in [2.24, 2.45) is 0 Å². The van der Waals surface area contributed by atoms with Gasteiger partial charge in [-0.2, -0.15) is 0 Å². The molecule has 0 aliphatic carbocycles. The van der Waals surface area contributed by atoms with Crippen molar-refractivity contribution >= 4 is 64.6 Å². The molecule has 194 valence electrons. The zero-order valence-corrected chi connectivity index (χ0v) is 21.3.